The highest BCUT2D eigenvalue weighted by Gasteiger charge is 2.67. The molecule has 0 radical (unpaired) electrons. The normalized spacial score (nSPS) is 32.8. The van der Waals surface area contributed by atoms with Gasteiger partial charge in [-0.15, -0.1) is 0 Å². The number of halogens is 6. The number of anilines is 1. The van der Waals surface area contributed by atoms with Crippen molar-refractivity contribution >= 4 is 23.4 Å². The molecule has 0 N–H and O–H groups in total. The summed E-state index contributed by atoms with van der Waals surface area (Å²) in [5, 5.41) is 0. The highest BCUT2D eigenvalue weighted by molar-refractivity contribution is 6.07. The molecule has 6 rings (SSSR count). The number of allylic oxidation sites excluding steroid dienone is 2. The van der Waals surface area contributed by atoms with Crippen LogP contribution in [0.2, 0.25) is 0 Å². The summed E-state index contributed by atoms with van der Waals surface area (Å²) in [5.41, 5.74) is -1.97. The molecule has 5 nitrogen and oxygen atoms in total. The van der Waals surface area contributed by atoms with E-state index in [1.807, 2.05) is 12.2 Å². The molecule has 32 heavy (non-hydrogen) atoms. The van der Waals surface area contributed by atoms with Gasteiger partial charge in [0.25, 0.3) is 0 Å². The molecule has 1 heterocycles. The van der Waals surface area contributed by atoms with Crippen LogP contribution in [0.5, 0.6) is 0 Å². The maximum Gasteiger partial charge on any atom is 0.471 e. The average molecular weight is 458 g/mol. The summed E-state index contributed by atoms with van der Waals surface area (Å²) in [7, 11) is 0. The zero-order valence-electron chi connectivity index (χ0n) is 16.2. The van der Waals surface area contributed by atoms with Crippen LogP contribution in [-0.4, -0.2) is 35.5 Å². The van der Waals surface area contributed by atoms with Crippen molar-refractivity contribution in [2.75, 3.05) is 11.6 Å². The molecule has 4 aliphatic carbocycles. The summed E-state index contributed by atoms with van der Waals surface area (Å²) in [6.45, 7) is -1.10. The highest BCUT2D eigenvalue weighted by Crippen LogP contribution is 2.65. The SMILES string of the molecule is O=C1[C@@H]2[C@H]3C=C[C@@H]([C@@H]4C[C@H]34)[C@@H]2C(=O)N1CN(C(=O)C(F)(F)F)c1cccc(C(F)(F)F)c1. The van der Waals surface area contributed by atoms with Crippen molar-refractivity contribution in [3.63, 3.8) is 0 Å². The van der Waals surface area contributed by atoms with Gasteiger partial charge in [0.05, 0.1) is 17.4 Å². The van der Waals surface area contributed by atoms with Crippen LogP contribution in [-0.2, 0) is 20.6 Å². The Morgan fingerprint density at radius 3 is 2.03 bits per heavy atom. The Kier molecular flexibility index (Phi) is 4.32. The topological polar surface area (TPSA) is 57.7 Å². The molecule has 0 spiro atoms. The van der Waals surface area contributed by atoms with E-state index in [9.17, 15) is 40.7 Å². The van der Waals surface area contributed by atoms with Crippen LogP contribution >= 0.6 is 0 Å². The molecule has 1 aromatic carbocycles. The average Bonchev–Trinajstić information content (AvgIpc) is 3.50. The highest BCUT2D eigenvalue weighted by atomic mass is 19.4. The summed E-state index contributed by atoms with van der Waals surface area (Å²) in [6, 6.07) is 2.80. The van der Waals surface area contributed by atoms with E-state index >= 15 is 0 Å². The van der Waals surface area contributed by atoms with Crippen molar-refractivity contribution in [1.29, 1.82) is 0 Å². The number of benzene rings is 1. The maximum atomic E-state index is 13.3. The van der Waals surface area contributed by atoms with E-state index in [0.29, 0.717) is 17.0 Å². The van der Waals surface area contributed by atoms with Crippen LogP contribution in [0, 0.1) is 35.5 Å². The van der Waals surface area contributed by atoms with E-state index in [2.05, 4.69) is 0 Å². The van der Waals surface area contributed by atoms with Gasteiger partial charge < -0.3 is 0 Å². The third-order valence-electron chi connectivity index (χ3n) is 7.01. The largest absolute Gasteiger partial charge is 0.471 e. The number of rotatable bonds is 3. The van der Waals surface area contributed by atoms with Crippen LogP contribution in [0.4, 0.5) is 32.0 Å². The number of likely N-dealkylation sites (tertiary alicyclic amines) is 1. The molecule has 1 aromatic rings. The Labute approximate surface area is 177 Å². The third-order valence-corrected chi connectivity index (χ3v) is 7.01. The number of alkyl halides is 6. The molecule has 1 saturated heterocycles. The monoisotopic (exact) mass is 458 g/mol. The first-order chi connectivity index (χ1) is 14.9. The molecule has 11 heteroatoms. The molecule has 6 atom stereocenters. The predicted octanol–water partition coefficient (Wildman–Crippen LogP) is 3.61. The van der Waals surface area contributed by atoms with E-state index in [0.717, 1.165) is 18.6 Å². The Morgan fingerprint density at radius 2 is 1.53 bits per heavy atom. The zero-order chi connectivity index (χ0) is 23.2. The van der Waals surface area contributed by atoms with Crippen molar-refractivity contribution < 1.29 is 40.7 Å². The van der Waals surface area contributed by atoms with Gasteiger partial charge in [0.15, 0.2) is 0 Å². The lowest BCUT2D eigenvalue weighted by molar-refractivity contribution is -0.171. The van der Waals surface area contributed by atoms with E-state index in [4.69, 9.17) is 0 Å². The lowest BCUT2D eigenvalue weighted by Gasteiger charge is -2.37. The second kappa shape index (κ2) is 6.58. The minimum absolute atomic E-state index is 0.0123. The van der Waals surface area contributed by atoms with Crippen LogP contribution in [0.25, 0.3) is 0 Å². The first-order valence-electron chi connectivity index (χ1n) is 9.99. The number of hydrogen-bond donors (Lipinski definition) is 0. The van der Waals surface area contributed by atoms with Crippen LogP contribution < -0.4 is 4.90 Å². The third kappa shape index (κ3) is 3.04. The quantitative estimate of drug-likeness (QED) is 0.395. The predicted molar refractivity (Wildman–Crippen MR) is 96.4 cm³/mol. The van der Waals surface area contributed by atoms with Crippen LogP contribution in [0.15, 0.2) is 36.4 Å². The van der Waals surface area contributed by atoms with E-state index in [1.54, 1.807) is 0 Å². The van der Waals surface area contributed by atoms with Crippen LogP contribution in [0.3, 0.4) is 0 Å². The zero-order valence-corrected chi connectivity index (χ0v) is 16.2. The molecule has 0 unspecified atom stereocenters. The van der Waals surface area contributed by atoms with Crippen molar-refractivity contribution in [2.24, 2.45) is 35.5 Å². The van der Waals surface area contributed by atoms with Gasteiger partial charge in [-0.05, 0) is 48.3 Å². The Morgan fingerprint density at radius 1 is 0.969 bits per heavy atom. The molecule has 3 amide bonds. The van der Waals surface area contributed by atoms with Crippen molar-refractivity contribution in [3.05, 3.63) is 42.0 Å². The minimum atomic E-state index is -5.42. The summed E-state index contributed by atoms with van der Waals surface area (Å²) in [6.07, 6.45) is -5.64. The Bertz CT molecular complexity index is 1010. The molecular formula is C21H16F6N2O3. The number of nitrogens with zero attached hydrogens (tertiary/aromatic N) is 2. The van der Waals surface area contributed by atoms with E-state index < -0.39 is 59.8 Å². The fourth-order valence-corrected chi connectivity index (χ4v) is 5.57. The van der Waals surface area contributed by atoms with Crippen molar-refractivity contribution in [2.45, 2.75) is 18.8 Å². The second-order valence-electron chi connectivity index (χ2n) is 8.68. The molecular weight excluding hydrogens is 442 g/mol. The minimum Gasteiger partial charge on any atom is -0.286 e. The lowest BCUT2D eigenvalue weighted by Crippen LogP contribution is -2.49. The van der Waals surface area contributed by atoms with Gasteiger partial charge in [-0.25, -0.2) is 0 Å². The maximum absolute atomic E-state index is 13.3. The fourth-order valence-electron chi connectivity index (χ4n) is 5.57. The van der Waals surface area contributed by atoms with E-state index in [-0.39, 0.29) is 28.6 Å². The fraction of sp³-hybridized carbons (Fsp3) is 0.476. The first-order valence-corrected chi connectivity index (χ1v) is 9.99. The number of amides is 3. The summed E-state index contributed by atoms with van der Waals surface area (Å²) in [4.78, 5) is 38.8. The molecule has 2 saturated carbocycles. The standard InChI is InChI=1S/C21H16F6N2O3/c22-20(23,24)9-2-1-3-10(6-9)28(19(32)21(25,26)27)8-29-17(30)15-11-4-5-12(14-7-13(11)14)16(15)18(29)31/h1-6,11-16H,7-8H2/t11-,12-,13-,14+,15-,16+/m0/s1. The molecule has 170 valence electrons. The molecule has 5 aliphatic rings. The van der Waals surface area contributed by atoms with Gasteiger partial charge in [0.2, 0.25) is 11.8 Å². The second-order valence-corrected chi connectivity index (χ2v) is 8.68. The van der Waals surface area contributed by atoms with Gasteiger partial charge in [0, 0.05) is 5.69 Å². The van der Waals surface area contributed by atoms with Gasteiger partial charge in [-0.3, -0.25) is 24.2 Å². The molecule has 3 fully saturated rings. The van der Waals surface area contributed by atoms with Crippen molar-refractivity contribution in [1.82, 2.24) is 4.90 Å². The number of carbonyl (C=O) groups excluding carboxylic acids is 3. The van der Waals surface area contributed by atoms with Gasteiger partial charge >= 0.3 is 18.3 Å². The number of hydrogen-bond acceptors (Lipinski definition) is 3. The summed E-state index contributed by atoms with van der Waals surface area (Å²) < 4.78 is 79.0. The lowest BCUT2D eigenvalue weighted by atomic mass is 9.63. The first kappa shape index (κ1) is 21.0. The number of imide groups is 1. The van der Waals surface area contributed by atoms with Crippen LogP contribution in [0.1, 0.15) is 12.0 Å². The Balaban J connectivity index is 1.48. The van der Waals surface area contributed by atoms with E-state index in [1.165, 1.54) is 0 Å². The van der Waals surface area contributed by atoms with Gasteiger partial charge in [-0.1, -0.05) is 18.2 Å². The Hall–Kier alpha value is -2.85. The molecule has 2 bridgehead atoms. The number of carbonyl (C=O) groups is 3. The van der Waals surface area contributed by atoms with Gasteiger partial charge in [0.1, 0.15) is 6.67 Å². The van der Waals surface area contributed by atoms with Crippen molar-refractivity contribution in [3.8, 4) is 0 Å². The summed E-state index contributed by atoms with van der Waals surface area (Å²) in [5.74, 6) is -5.08. The van der Waals surface area contributed by atoms with Gasteiger partial charge in [-0.2, -0.15) is 26.3 Å². The molecule has 0 aromatic heterocycles. The molecule has 1 aliphatic heterocycles. The summed E-state index contributed by atoms with van der Waals surface area (Å²) >= 11 is 0. The smallest absolute Gasteiger partial charge is 0.286 e.